The fourth-order valence-electron chi connectivity index (χ4n) is 3.59. The first-order valence-electron chi connectivity index (χ1n) is 9.28. The highest BCUT2D eigenvalue weighted by Crippen LogP contribution is 2.45. The van der Waals surface area contributed by atoms with Crippen LogP contribution in [0.5, 0.6) is 0 Å². The molecule has 2 aromatic heterocycles. The van der Waals surface area contributed by atoms with Crippen LogP contribution in [-0.2, 0) is 17.6 Å². The van der Waals surface area contributed by atoms with Gasteiger partial charge in [-0.3, -0.25) is 9.59 Å². The number of rotatable bonds is 6. The highest BCUT2D eigenvalue weighted by Gasteiger charge is 2.34. The monoisotopic (exact) mass is 386 g/mol. The van der Waals surface area contributed by atoms with E-state index >= 15 is 0 Å². The summed E-state index contributed by atoms with van der Waals surface area (Å²) in [5.74, 6) is 0.371. The summed E-state index contributed by atoms with van der Waals surface area (Å²) in [6, 6.07) is 3.52. The molecule has 27 heavy (non-hydrogen) atoms. The predicted octanol–water partition coefficient (Wildman–Crippen LogP) is 4.63. The Morgan fingerprint density at radius 2 is 2.22 bits per heavy atom. The van der Waals surface area contributed by atoms with Gasteiger partial charge in [-0.1, -0.05) is 27.2 Å². The van der Waals surface area contributed by atoms with Crippen LogP contribution in [0.4, 0.5) is 5.00 Å². The van der Waals surface area contributed by atoms with Crippen LogP contribution in [0.3, 0.4) is 0 Å². The van der Waals surface area contributed by atoms with Gasteiger partial charge >= 0.3 is 0 Å². The van der Waals surface area contributed by atoms with Crippen LogP contribution in [0.2, 0.25) is 0 Å². The molecule has 0 bridgehead atoms. The summed E-state index contributed by atoms with van der Waals surface area (Å²) >= 11 is 1.48. The fraction of sp³-hybridized carbons (Fsp3) is 0.429. The number of carbonyl (C=O) groups is 2. The quantitative estimate of drug-likeness (QED) is 0.710. The molecule has 2 amide bonds. The summed E-state index contributed by atoms with van der Waals surface area (Å²) in [6.07, 6.45) is 8.44. The molecular weight excluding hydrogens is 360 g/mol. The smallest absolute Gasteiger partial charge is 0.251 e. The van der Waals surface area contributed by atoms with Gasteiger partial charge in [-0.05, 0) is 54.4 Å². The number of fused-ring (bicyclic) bond motifs is 1. The summed E-state index contributed by atoms with van der Waals surface area (Å²) in [4.78, 5) is 25.5. The second-order valence-electron chi connectivity index (χ2n) is 7.69. The highest BCUT2D eigenvalue weighted by atomic mass is 32.1. The van der Waals surface area contributed by atoms with Gasteiger partial charge in [-0.2, -0.15) is 0 Å². The molecular formula is C21H26N2O3S. The lowest BCUT2D eigenvalue weighted by molar-refractivity contribution is -0.111. The van der Waals surface area contributed by atoms with E-state index in [0.717, 1.165) is 31.2 Å². The number of hydrogen-bond acceptors (Lipinski definition) is 4. The molecule has 1 unspecified atom stereocenters. The van der Waals surface area contributed by atoms with Crippen LogP contribution in [0.25, 0.3) is 6.08 Å². The lowest BCUT2D eigenvalue weighted by atomic mass is 9.69. The molecule has 0 spiro atoms. The van der Waals surface area contributed by atoms with Gasteiger partial charge < -0.3 is 15.5 Å². The zero-order valence-corrected chi connectivity index (χ0v) is 16.8. The SMILES string of the molecule is CCC(C)(C)C1CCc2c(sc(NC(=O)/C=C/c3ccco3)c2C(N)=O)C1. The fourth-order valence-corrected chi connectivity index (χ4v) is 4.92. The number of hydrogen-bond donors (Lipinski definition) is 2. The summed E-state index contributed by atoms with van der Waals surface area (Å²) in [5, 5.41) is 3.38. The summed E-state index contributed by atoms with van der Waals surface area (Å²) < 4.78 is 5.18. The predicted molar refractivity (Wildman–Crippen MR) is 109 cm³/mol. The van der Waals surface area contributed by atoms with Crippen molar-refractivity contribution in [1.29, 1.82) is 0 Å². The molecule has 3 rings (SSSR count). The lowest BCUT2D eigenvalue weighted by Gasteiger charge is -2.36. The van der Waals surface area contributed by atoms with Gasteiger partial charge in [-0.15, -0.1) is 11.3 Å². The zero-order chi connectivity index (χ0) is 19.6. The molecule has 0 aliphatic heterocycles. The molecule has 0 fully saturated rings. The summed E-state index contributed by atoms with van der Waals surface area (Å²) in [6.45, 7) is 6.82. The Hall–Kier alpha value is -2.34. The summed E-state index contributed by atoms with van der Waals surface area (Å²) in [5.41, 5.74) is 7.38. The second-order valence-corrected chi connectivity index (χ2v) is 8.80. The normalized spacial score (nSPS) is 17.1. The molecule has 3 N–H and O–H groups in total. The third kappa shape index (κ3) is 4.16. The zero-order valence-electron chi connectivity index (χ0n) is 16.0. The Morgan fingerprint density at radius 3 is 2.85 bits per heavy atom. The van der Waals surface area contributed by atoms with Gasteiger partial charge in [0.15, 0.2) is 0 Å². The molecule has 2 heterocycles. The van der Waals surface area contributed by atoms with Gasteiger partial charge in [0.05, 0.1) is 11.8 Å². The average Bonchev–Trinajstić information content (AvgIpc) is 3.26. The van der Waals surface area contributed by atoms with Crippen molar-refractivity contribution in [2.24, 2.45) is 17.1 Å². The van der Waals surface area contributed by atoms with Crippen molar-refractivity contribution in [3.63, 3.8) is 0 Å². The van der Waals surface area contributed by atoms with Gasteiger partial charge in [0.1, 0.15) is 10.8 Å². The van der Waals surface area contributed by atoms with Crippen LogP contribution in [0.15, 0.2) is 28.9 Å². The van der Waals surface area contributed by atoms with Crippen molar-refractivity contribution < 1.29 is 14.0 Å². The van der Waals surface area contributed by atoms with Crippen LogP contribution < -0.4 is 11.1 Å². The number of thiophene rings is 1. The van der Waals surface area contributed by atoms with Crippen LogP contribution >= 0.6 is 11.3 Å². The Morgan fingerprint density at radius 1 is 1.44 bits per heavy atom. The third-order valence-corrected chi connectivity index (χ3v) is 6.88. The molecule has 144 valence electrons. The standard InChI is InChI=1S/C21H26N2O3S/c1-4-21(2,3)13-7-9-15-16(12-13)27-20(18(15)19(22)25)23-17(24)10-8-14-6-5-11-26-14/h5-6,8,10-11,13H,4,7,9,12H2,1-3H3,(H2,22,25)(H,23,24)/b10-8+. The maximum Gasteiger partial charge on any atom is 0.251 e. The van der Waals surface area contributed by atoms with Crippen molar-refractivity contribution in [3.05, 3.63) is 46.2 Å². The van der Waals surface area contributed by atoms with Crippen LogP contribution in [0.1, 0.15) is 60.2 Å². The van der Waals surface area contributed by atoms with E-state index in [2.05, 4.69) is 26.1 Å². The topological polar surface area (TPSA) is 85.3 Å². The lowest BCUT2D eigenvalue weighted by Crippen LogP contribution is -2.29. The molecule has 6 heteroatoms. The Kier molecular flexibility index (Phi) is 5.56. The second kappa shape index (κ2) is 7.72. The first kappa shape index (κ1) is 19.4. The van der Waals surface area contributed by atoms with Crippen molar-refractivity contribution in [2.75, 3.05) is 5.32 Å². The van der Waals surface area contributed by atoms with E-state index in [1.165, 1.54) is 22.3 Å². The molecule has 1 atom stereocenters. The molecule has 0 saturated carbocycles. The van der Waals surface area contributed by atoms with Crippen molar-refractivity contribution in [2.45, 2.75) is 46.5 Å². The van der Waals surface area contributed by atoms with Crippen LogP contribution in [-0.4, -0.2) is 11.8 Å². The maximum atomic E-state index is 12.3. The van der Waals surface area contributed by atoms with Crippen molar-refractivity contribution >= 4 is 34.2 Å². The van der Waals surface area contributed by atoms with Crippen molar-refractivity contribution in [3.8, 4) is 0 Å². The van der Waals surface area contributed by atoms with E-state index in [9.17, 15) is 9.59 Å². The van der Waals surface area contributed by atoms with E-state index in [1.807, 2.05) is 0 Å². The van der Waals surface area contributed by atoms with E-state index in [4.69, 9.17) is 10.2 Å². The number of primary amides is 1. The number of furan rings is 1. The molecule has 1 aliphatic rings. The Bertz CT molecular complexity index is 862. The van der Waals surface area contributed by atoms with Gasteiger partial charge in [0.2, 0.25) is 5.91 Å². The van der Waals surface area contributed by atoms with E-state index in [1.54, 1.807) is 24.5 Å². The number of carbonyl (C=O) groups excluding carboxylic acids is 2. The third-order valence-electron chi connectivity index (χ3n) is 5.71. The molecule has 0 saturated heterocycles. The van der Waals surface area contributed by atoms with Gasteiger partial charge in [-0.25, -0.2) is 0 Å². The highest BCUT2D eigenvalue weighted by molar-refractivity contribution is 7.17. The largest absolute Gasteiger partial charge is 0.465 e. The minimum Gasteiger partial charge on any atom is -0.465 e. The first-order chi connectivity index (χ1) is 12.8. The number of nitrogens with one attached hydrogen (secondary N) is 1. The van der Waals surface area contributed by atoms with Crippen LogP contribution in [0, 0.1) is 11.3 Å². The Balaban J connectivity index is 1.82. The first-order valence-corrected chi connectivity index (χ1v) is 10.1. The average molecular weight is 387 g/mol. The van der Waals surface area contributed by atoms with Crippen molar-refractivity contribution in [1.82, 2.24) is 0 Å². The minimum absolute atomic E-state index is 0.254. The number of nitrogens with two attached hydrogens (primary N) is 1. The van der Waals surface area contributed by atoms with Gasteiger partial charge in [0, 0.05) is 11.0 Å². The molecule has 0 radical (unpaired) electrons. The molecule has 5 nitrogen and oxygen atoms in total. The molecule has 2 aromatic rings. The number of anilines is 1. The van der Waals surface area contributed by atoms with E-state index < -0.39 is 5.91 Å². The molecule has 0 aromatic carbocycles. The summed E-state index contributed by atoms with van der Waals surface area (Å²) in [7, 11) is 0. The Labute approximate surface area is 163 Å². The van der Waals surface area contributed by atoms with Gasteiger partial charge in [0.25, 0.3) is 5.91 Å². The number of amides is 2. The maximum absolute atomic E-state index is 12.3. The van der Waals surface area contributed by atoms with E-state index in [0.29, 0.717) is 22.2 Å². The van der Waals surface area contributed by atoms with E-state index in [-0.39, 0.29) is 11.3 Å². The molecule has 1 aliphatic carbocycles. The minimum atomic E-state index is -0.481.